The van der Waals surface area contributed by atoms with Crippen molar-refractivity contribution in [1.82, 2.24) is 4.90 Å². The highest BCUT2D eigenvalue weighted by atomic mass is 16.5. The number of nitrogens with zero attached hydrogens (tertiary/aromatic N) is 1. The Hall–Kier alpha value is -1.39. The molecule has 0 unspecified atom stereocenters. The molecule has 4 heteroatoms. The van der Waals surface area contributed by atoms with E-state index in [2.05, 4.69) is 19.1 Å². The minimum atomic E-state index is -0.413. The fraction of sp³-hybridized carbons (Fsp3) is 0.650. The molecule has 1 amide bonds. The van der Waals surface area contributed by atoms with Crippen molar-refractivity contribution in [3.05, 3.63) is 35.9 Å². The molecule has 1 saturated heterocycles. The Kier molecular flexibility index (Phi) is 5.26. The lowest BCUT2D eigenvalue weighted by Gasteiger charge is -2.49. The fourth-order valence-corrected chi connectivity index (χ4v) is 4.34. The first-order chi connectivity index (χ1) is 11.6. The van der Waals surface area contributed by atoms with Gasteiger partial charge in [-0.05, 0) is 25.3 Å². The Morgan fingerprint density at radius 1 is 1.21 bits per heavy atom. The number of carbonyl (C=O) groups excluding carboxylic acids is 1. The standard InChI is InChI=1S/C20H29NO3/c1-15-17(16-10-6-4-7-11-16)24-18(19(22)21(15)2)20(14-23-3)12-8-5-9-13-20/h4,6-7,10-11,15,17-18H,5,8-9,12-14H2,1-3H3/t15-,17-,18+/m0/s1. The number of methoxy groups -OCH3 is 1. The van der Waals surface area contributed by atoms with Crippen LogP contribution in [-0.2, 0) is 14.3 Å². The summed E-state index contributed by atoms with van der Waals surface area (Å²) in [7, 11) is 3.63. The molecule has 1 aliphatic heterocycles. The highest BCUT2D eigenvalue weighted by molar-refractivity contribution is 5.83. The summed E-state index contributed by atoms with van der Waals surface area (Å²) < 4.78 is 12.0. The van der Waals surface area contributed by atoms with E-state index in [-0.39, 0.29) is 23.5 Å². The largest absolute Gasteiger partial charge is 0.384 e. The molecule has 1 saturated carbocycles. The van der Waals surface area contributed by atoms with Gasteiger partial charge in [-0.1, -0.05) is 49.6 Å². The monoisotopic (exact) mass is 331 g/mol. The molecule has 24 heavy (non-hydrogen) atoms. The van der Waals surface area contributed by atoms with Crippen molar-refractivity contribution in [1.29, 1.82) is 0 Å². The predicted molar refractivity (Wildman–Crippen MR) is 93.7 cm³/mol. The van der Waals surface area contributed by atoms with E-state index in [1.807, 2.05) is 30.1 Å². The summed E-state index contributed by atoms with van der Waals surface area (Å²) in [6.07, 6.45) is 5.03. The van der Waals surface area contributed by atoms with E-state index in [1.54, 1.807) is 7.11 Å². The molecule has 0 N–H and O–H groups in total. The van der Waals surface area contributed by atoms with Crippen molar-refractivity contribution in [3.8, 4) is 0 Å². The maximum Gasteiger partial charge on any atom is 0.252 e. The van der Waals surface area contributed by atoms with E-state index in [9.17, 15) is 4.79 Å². The molecule has 0 aromatic heterocycles. The van der Waals surface area contributed by atoms with Crippen LogP contribution in [0.2, 0.25) is 0 Å². The first-order valence-corrected chi connectivity index (χ1v) is 9.05. The zero-order valence-electron chi connectivity index (χ0n) is 15.0. The van der Waals surface area contributed by atoms with Crippen LogP contribution in [0.3, 0.4) is 0 Å². The second-order valence-electron chi connectivity index (χ2n) is 7.39. The lowest BCUT2D eigenvalue weighted by Crippen LogP contribution is -2.59. The molecular formula is C20H29NO3. The normalized spacial score (nSPS) is 30.4. The van der Waals surface area contributed by atoms with Crippen molar-refractivity contribution in [2.75, 3.05) is 20.8 Å². The highest BCUT2D eigenvalue weighted by Gasteiger charge is 2.51. The zero-order chi connectivity index (χ0) is 17.2. The van der Waals surface area contributed by atoms with E-state index >= 15 is 0 Å². The molecule has 0 spiro atoms. The van der Waals surface area contributed by atoms with Crippen LogP contribution in [-0.4, -0.2) is 43.7 Å². The van der Waals surface area contributed by atoms with Crippen LogP contribution in [0.15, 0.2) is 30.3 Å². The van der Waals surface area contributed by atoms with Crippen LogP contribution < -0.4 is 0 Å². The summed E-state index contributed by atoms with van der Waals surface area (Å²) in [5.74, 6) is 0.105. The van der Waals surface area contributed by atoms with Crippen molar-refractivity contribution in [2.24, 2.45) is 5.41 Å². The van der Waals surface area contributed by atoms with Crippen LogP contribution in [0.25, 0.3) is 0 Å². The van der Waals surface area contributed by atoms with E-state index in [1.165, 1.54) is 6.42 Å². The number of hydrogen-bond acceptors (Lipinski definition) is 3. The third-order valence-electron chi connectivity index (χ3n) is 5.87. The smallest absolute Gasteiger partial charge is 0.252 e. The quantitative estimate of drug-likeness (QED) is 0.846. The van der Waals surface area contributed by atoms with E-state index in [4.69, 9.17) is 9.47 Å². The molecule has 3 atom stereocenters. The van der Waals surface area contributed by atoms with E-state index in [0.717, 1.165) is 31.2 Å². The van der Waals surface area contributed by atoms with Gasteiger partial charge in [0.15, 0.2) is 0 Å². The molecule has 1 heterocycles. The fourth-order valence-electron chi connectivity index (χ4n) is 4.34. The second kappa shape index (κ2) is 7.24. The van der Waals surface area contributed by atoms with Crippen LogP contribution in [0.5, 0.6) is 0 Å². The van der Waals surface area contributed by atoms with Crippen LogP contribution in [0.1, 0.15) is 50.7 Å². The number of rotatable bonds is 4. The topological polar surface area (TPSA) is 38.8 Å². The van der Waals surface area contributed by atoms with Crippen molar-refractivity contribution in [2.45, 2.75) is 57.3 Å². The molecule has 2 fully saturated rings. The van der Waals surface area contributed by atoms with Gasteiger partial charge >= 0.3 is 0 Å². The summed E-state index contributed by atoms with van der Waals surface area (Å²) >= 11 is 0. The number of likely N-dealkylation sites (N-methyl/N-ethyl adjacent to an activating group) is 1. The Morgan fingerprint density at radius 3 is 2.50 bits per heavy atom. The molecule has 1 aromatic rings. The summed E-state index contributed by atoms with van der Waals surface area (Å²) in [6, 6.07) is 10.3. The predicted octanol–water partition coefficient (Wildman–Crippen LogP) is 3.57. The number of benzene rings is 1. The van der Waals surface area contributed by atoms with Gasteiger partial charge in [0.05, 0.1) is 12.6 Å². The maximum atomic E-state index is 13.0. The van der Waals surface area contributed by atoms with Gasteiger partial charge in [0, 0.05) is 19.6 Å². The molecule has 132 valence electrons. The molecule has 2 aliphatic rings. The van der Waals surface area contributed by atoms with Crippen molar-refractivity contribution < 1.29 is 14.3 Å². The summed E-state index contributed by atoms with van der Waals surface area (Å²) in [5.41, 5.74) is 0.948. The van der Waals surface area contributed by atoms with Crippen LogP contribution in [0.4, 0.5) is 0 Å². The van der Waals surface area contributed by atoms with Gasteiger partial charge in [0.25, 0.3) is 5.91 Å². The first kappa shape index (κ1) is 17.4. The molecular weight excluding hydrogens is 302 g/mol. The zero-order valence-corrected chi connectivity index (χ0v) is 15.0. The summed E-state index contributed by atoms with van der Waals surface area (Å²) in [4.78, 5) is 14.9. The average Bonchev–Trinajstić information content (AvgIpc) is 2.61. The third kappa shape index (κ3) is 3.09. The van der Waals surface area contributed by atoms with Gasteiger partial charge in [-0.15, -0.1) is 0 Å². The van der Waals surface area contributed by atoms with Gasteiger partial charge in [0.2, 0.25) is 0 Å². The highest BCUT2D eigenvalue weighted by Crippen LogP contribution is 2.45. The SMILES string of the molecule is COCC1([C@@H]2O[C@H](c3ccccc3)[C@H](C)N(C)C2=O)CCCCC1. The lowest BCUT2D eigenvalue weighted by atomic mass is 9.69. The van der Waals surface area contributed by atoms with Crippen molar-refractivity contribution >= 4 is 5.91 Å². The molecule has 0 bridgehead atoms. The Morgan fingerprint density at radius 2 is 1.88 bits per heavy atom. The van der Waals surface area contributed by atoms with Gasteiger partial charge < -0.3 is 14.4 Å². The summed E-state index contributed by atoms with van der Waals surface area (Å²) in [5, 5.41) is 0. The molecule has 0 radical (unpaired) electrons. The number of ether oxygens (including phenoxy) is 2. The average molecular weight is 331 g/mol. The second-order valence-corrected chi connectivity index (χ2v) is 7.39. The third-order valence-corrected chi connectivity index (χ3v) is 5.87. The van der Waals surface area contributed by atoms with E-state index in [0.29, 0.717) is 6.61 Å². The Labute approximate surface area is 145 Å². The van der Waals surface area contributed by atoms with Gasteiger partial charge in [-0.25, -0.2) is 0 Å². The number of hydrogen-bond donors (Lipinski definition) is 0. The van der Waals surface area contributed by atoms with Gasteiger partial charge in [-0.2, -0.15) is 0 Å². The molecule has 3 rings (SSSR count). The number of carbonyl (C=O) groups is 1. The number of amides is 1. The maximum absolute atomic E-state index is 13.0. The lowest BCUT2D eigenvalue weighted by molar-refractivity contribution is -0.195. The minimum absolute atomic E-state index is 0.0272. The van der Waals surface area contributed by atoms with Gasteiger partial charge in [0.1, 0.15) is 12.2 Å². The molecule has 1 aliphatic carbocycles. The Balaban J connectivity index is 1.92. The van der Waals surface area contributed by atoms with Crippen LogP contribution in [0, 0.1) is 5.41 Å². The summed E-state index contributed by atoms with van der Waals surface area (Å²) in [6.45, 7) is 2.66. The van der Waals surface area contributed by atoms with Crippen molar-refractivity contribution in [3.63, 3.8) is 0 Å². The van der Waals surface area contributed by atoms with E-state index < -0.39 is 6.10 Å². The Bertz CT molecular complexity index is 548. The molecule has 1 aromatic carbocycles. The van der Waals surface area contributed by atoms with Gasteiger partial charge in [-0.3, -0.25) is 4.79 Å². The molecule has 4 nitrogen and oxygen atoms in total. The number of morpholine rings is 1. The first-order valence-electron chi connectivity index (χ1n) is 9.05. The minimum Gasteiger partial charge on any atom is -0.384 e. The van der Waals surface area contributed by atoms with Crippen LogP contribution >= 0.6 is 0 Å².